The van der Waals surface area contributed by atoms with Crippen LogP contribution in [0, 0.1) is 0 Å². The summed E-state index contributed by atoms with van der Waals surface area (Å²) >= 11 is 5.98. The average molecular weight is 319 g/mol. The number of carbonyl (C=O) groups is 1. The molecule has 0 fully saturated rings. The molecule has 1 rings (SSSR count). The lowest BCUT2D eigenvalue weighted by molar-refractivity contribution is 0.0935. The van der Waals surface area contributed by atoms with E-state index >= 15 is 0 Å². The first-order valence-electron chi connectivity index (χ1n) is 6.39. The molecular weight excluding hydrogens is 300 g/mol. The van der Waals surface area contributed by atoms with E-state index in [0.717, 1.165) is 12.8 Å². The molecule has 0 aliphatic carbocycles. The van der Waals surface area contributed by atoms with E-state index in [9.17, 15) is 13.2 Å². The number of hydrogen-bond donors (Lipinski definition) is 2. The molecule has 0 unspecified atom stereocenters. The molecule has 0 aromatic heterocycles. The molecule has 2 N–H and O–H groups in total. The third kappa shape index (κ3) is 3.94. The van der Waals surface area contributed by atoms with Gasteiger partial charge in [0.15, 0.2) is 0 Å². The van der Waals surface area contributed by atoms with Crippen LogP contribution in [0.25, 0.3) is 0 Å². The Morgan fingerprint density at radius 1 is 1.30 bits per heavy atom. The van der Waals surface area contributed by atoms with Gasteiger partial charge in [0.05, 0.1) is 15.5 Å². The highest BCUT2D eigenvalue weighted by atomic mass is 35.5. The standard InChI is InChI=1S/C13H19ClN2O3S/c1-4-9(5-2)16-13(17)11-8-10(6-7-12(11)14)20(18,19)15-3/h6-9,15H,4-5H2,1-3H3,(H,16,17). The van der Waals surface area contributed by atoms with Gasteiger partial charge in [0.25, 0.3) is 5.91 Å². The molecule has 1 aromatic rings. The van der Waals surface area contributed by atoms with Gasteiger partial charge in [-0.2, -0.15) is 0 Å². The fraction of sp³-hybridized carbons (Fsp3) is 0.462. The predicted molar refractivity (Wildman–Crippen MR) is 79.5 cm³/mol. The summed E-state index contributed by atoms with van der Waals surface area (Å²) in [4.78, 5) is 12.2. The van der Waals surface area contributed by atoms with Crippen LogP contribution in [0.3, 0.4) is 0 Å². The van der Waals surface area contributed by atoms with Crippen LogP contribution >= 0.6 is 11.6 Å². The molecule has 0 atom stereocenters. The van der Waals surface area contributed by atoms with Crippen molar-refractivity contribution < 1.29 is 13.2 Å². The second-order valence-electron chi connectivity index (χ2n) is 4.34. The number of carbonyl (C=O) groups excluding carboxylic acids is 1. The summed E-state index contributed by atoms with van der Waals surface area (Å²) < 4.78 is 25.7. The number of halogens is 1. The number of amides is 1. The van der Waals surface area contributed by atoms with Gasteiger partial charge < -0.3 is 5.32 Å². The monoisotopic (exact) mass is 318 g/mol. The summed E-state index contributed by atoms with van der Waals surface area (Å²) in [7, 11) is -2.29. The minimum absolute atomic E-state index is 0.0131. The van der Waals surface area contributed by atoms with E-state index in [2.05, 4.69) is 10.0 Å². The Bertz CT molecular complexity index is 583. The lowest BCUT2D eigenvalue weighted by atomic mass is 10.1. The molecule has 1 amide bonds. The average Bonchev–Trinajstić information content (AvgIpc) is 2.44. The zero-order valence-corrected chi connectivity index (χ0v) is 13.3. The van der Waals surface area contributed by atoms with Gasteiger partial charge in [-0.15, -0.1) is 0 Å². The molecule has 20 heavy (non-hydrogen) atoms. The fourth-order valence-electron chi connectivity index (χ4n) is 1.72. The maximum atomic E-state index is 12.2. The minimum atomic E-state index is -3.60. The van der Waals surface area contributed by atoms with Crippen LogP contribution in [0.15, 0.2) is 23.1 Å². The molecule has 5 nitrogen and oxygen atoms in total. The van der Waals surface area contributed by atoms with Crippen LogP contribution in [0.2, 0.25) is 5.02 Å². The molecule has 0 radical (unpaired) electrons. The van der Waals surface area contributed by atoms with Crippen molar-refractivity contribution in [2.24, 2.45) is 0 Å². The summed E-state index contributed by atoms with van der Waals surface area (Å²) in [6.45, 7) is 3.94. The van der Waals surface area contributed by atoms with Gasteiger partial charge in [-0.05, 0) is 38.1 Å². The van der Waals surface area contributed by atoms with Crippen LogP contribution in [0.5, 0.6) is 0 Å². The van der Waals surface area contributed by atoms with Gasteiger partial charge in [0, 0.05) is 6.04 Å². The van der Waals surface area contributed by atoms with Crippen molar-refractivity contribution in [1.29, 1.82) is 0 Å². The van der Waals surface area contributed by atoms with E-state index in [1.165, 1.54) is 25.2 Å². The molecule has 0 aliphatic rings. The number of rotatable bonds is 6. The SMILES string of the molecule is CCC(CC)NC(=O)c1cc(S(=O)(=O)NC)ccc1Cl. The number of sulfonamides is 1. The molecule has 7 heteroatoms. The largest absolute Gasteiger partial charge is 0.349 e. The summed E-state index contributed by atoms with van der Waals surface area (Å²) in [5.74, 6) is -0.364. The number of benzene rings is 1. The molecule has 0 saturated heterocycles. The Labute approximate surface area is 124 Å². The quantitative estimate of drug-likeness (QED) is 0.844. The first kappa shape index (κ1) is 16.9. The Hall–Kier alpha value is -1.11. The van der Waals surface area contributed by atoms with Crippen LogP contribution in [-0.4, -0.2) is 27.4 Å². The highest BCUT2D eigenvalue weighted by Gasteiger charge is 2.18. The van der Waals surface area contributed by atoms with Gasteiger partial charge in [0.1, 0.15) is 0 Å². The van der Waals surface area contributed by atoms with Gasteiger partial charge in [-0.1, -0.05) is 25.4 Å². The Kier molecular flexibility index (Phi) is 5.98. The lowest BCUT2D eigenvalue weighted by Gasteiger charge is -2.15. The number of nitrogens with one attached hydrogen (secondary N) is 2. The molecule has 0 saturated carbocycles. The van der Waals surface area contributed by atoms with Gasteiger partial charge in [-0.25, -0.2) is 13.1 Å². The van der Waals surface area contributed by atoms with Crippen molar-refractivity contribution >= 4 is 27.5 Å². The molecule has 1 aromatic carbocycles. The Balaban J connectivity index is 3.12. The summed E-state index contributed by atoms with van der Waals surface area (Å²) in [5.41, 5.74) is 0.162. The normalized spacial score (nSPS) is 11.7. The second-order valence-corrected chi connectivity index (χ2v) is 6.63. The molecule has 112 valence electrons. The highest BCUT2D eigenvalue weighted by Crippen LogP contribution is 2.20. The van der Waals surface area contributed by atoms with E-state index in [-0.39, 0.29) is 27.4 Å². The molecule has 0 heterocycles. The molecular formula is C13H19ClN2O3S. The third-order valence-electron chi connectivity index (χ3n) is 3.08. The Morgan fingerprint density at radius 3 is 2.40 bits per heavy atom. The van der Waals surface area contributed by atoms with Crippen LogP contribution in [0.4, 0.5) is 0 Å². The maximum Gasteiger partial charge on any atom is 0.253 e. The van der Waals surface area contributed by atoms with Gasteiger partial charge >= 0.3 is 0 Å². The van der Waals surface area contributed by atoms with Crippen molar-refractivity contribution in [3.05, 3.63) is 28.8 Å². The number of hydrogen-bond acceptors (Lipinski definition) is 3. The van der Waals surface area contributed by atoms with Crippen molar-refractivity contribution in [3.8, 4) is 0 Å². The molecule has 0 spiro atoms. The topological polar surface area (TPSA) is 75.3 Å². The Morgan fingerprint density at radius 2 is 1.90 bits per heavy atom. The zero-order valence-electron chi connectivity index (χ0n) is 11.7. The van der Waals surface area contributed by atoms with Gasteiger partial charge in [-0.3, -0.25) is 4.79 Å². The summed E-state index contributed by atoms with van der Waals surface area (Å²) in [6, 6.07) is 4.10. The zero-order chi connectivity index (χ0) is 15.3. The molecule has 0 bridgehead atoms. The smallest absolute Gasteiger partial charge is 0.253 e. The summed E-state index contributed by atoms with van der Waals surface area (Å²) in [5, 5.41) is 3.06. The van der Waals surface area contributed by atoms with Crippen molar-refractivity contribution in [2.45, 2.75) is 37.6 Å². The van der Waals surface area contributed by atoms with Crippen LogP contribution in [0.1, 0.15) is 37.0 Å². The van der Waals surface area contributed by atoms with E-state index in [1.54, 1.807) is 0 Å². The fourth-order valence-corrected chi connectivity index (χ4v) is 2.68. The first-order valence-corrected chi connectivity index (χ1v) is 8.25. The van der Waals surface area contributed by atoms with E-state index < -0.39 is 10.0 Å². The first-order chi connectivity index (χ1) is 9.35. The van der Waals surface area contributed by atoms with Crippen molar-refractivity contribution in [1.82, 2.24) is 10.0 Å². The summed E-state index contributed by atoms with van der Waals surface area (Å²) in [6.07, 6.45) is 1.60. The minimum Gasteiger partial charge on any atom is -0.349 e. The maximum absolute atomic E-state index is 12.2. The van der Waals surface area contributed by atoms with Crippen LogP contribution in [-0.2, 0) is 10.0 Å². The highest BCUT2D eigenvalue weighted by molar-refractivity contribution is 7.89. The van der Waals surface area contributed by atoms with Crippen molar-refractivity contribution in [3.63, 3.8) is 0 Å². The van der Waals surface area contributed by atoms with Crippen molar-refractivity contribution in [2.75, 3.05) is 7.05 Å². The third-order valence-corrected chi connectivity index (χ3v) is 4.82. The van der Waals surface area contributed by atoms with Gasteiger partial charge in [0.2, 0.25) is 10.0 Å². The van der Waals surface area contributed by atoms with E-state index in [0.29, 0.717) is 0 Å². The van der Waals surface area contributed by atoms with E-state index in [4.69, 9.17) is 11.6 Å². The lowest BCUT2D eigenvalue weighted by Crippen LogP contribution is -2.34. The molecule has 0 aliphatic heterocycles. The second kappa shape index (κ2) is 7.06. The predicted octanol–water partition coefficient (Wildman–Crippen LogP) is 2.17. The van der Waals surface area contributed by atoms with Crippen LogP contribution < -0.4 is 10.0 Å². The van der Waals surface area contributed by atoms with E-state index in [1.807, 2.05) is 13.8 Å².